The van der Waals surface area contributed by atoms with Crippen molar-refractivity contribution in [2.24, 2.45) is 0 Å². The van der Waals surface area contributed by atoms with E-state index in [2.05, 4.69) is 65.1 Å². The first-order valence-electron chi connectivity index (χ1n) is 7.19. The fraction of sp³-hybridized carbons (Fsp3) is 0.529. The quantitative estimate of drug-likeness (QED) is 0.657. The molecule has 0 heterocycles. The Hall–Kier alpha value is -1.02. The molecule has 0 aliphatic heterocycles. The van der Waals surface area contributed by atoms with Crippen LogP contribution in [0.4, 0.5) is 0 Å². The largest absolute Gasteiger partial charge is 0.543 e. The Balaban J connectivity index is 2.39. The first-order chi connectivity index (χ1) is 8.72. The van der Waals surface area contributed by atoms with Gasteiger partial charge < -0.3 is 4.43 Å². The lowest BCUT2D eigenvalue weighted by atomic mass is 9.91. The van der Waals surface area contributed by atoms with Crippen LogP contribution in [0.3, 0.4) is 0 Å². The summed E-state index contributed by atoms with van der Waals surface area (Å²) in [5.74, 6) is 1.16. The van der Waals surface area contributed by atoms with Gasteiger partial charge in [-0.05, 0) is 49.0 Å². The molecule has 1 aliphatic rings. The van der Waals surface area contributed by atoms with Gasteiger partial charge in [-0.25, -0.2) is 0 Å². The Morgan fingerprint density at radius 3 is 2.32 bits per heavy atom. The lowest BCUT2D eigenvalue weighted by Crippen LogP contribution is -2.40. The van der Waals surface area contributed by atoms with Crippen LogP contribution in [0.2, 0.25) is 18.1 Å². The highest BCUT2D eigenvalue weighted by Gasteiger charge is 2.40. The molecule has 0 unspecified atom stereocenters. The van der Waals surface area contributed by atoms with Gasteiger partial charge in [-0.15, -0.1) is 0 Å². The highest BCUT2D eigenvalue weighted by molar-refractivity contribution is 6.74. The first-order valence-corrected chi connectivity index (χ1v) is 10.1. The predicted octanol–water partition coefficient (Wildman–Crippen LogP) is 5.39. The fourth-order valence-corrected chi connectivity index (χ4v) is 3.28. The zero-order chi connectivity index (χ0) is 14.3. The van der Waals surface area contributed by atoms with Crippen molar-refractivity contribution in [3.05, 3.63) is 41.0 Å². The summed E-state index contributed by atoms with van der Waals surface area (Å²) < 4.78 is 6.60. The molecule has 0 amide bonds. The van der Waals surface area contributed by atoms with Gasteiger partial charge in [-0.3, -0.25) is 0 Å². The molecule has 1 aromatic rings. The van der Waals surface area contributed by atoms with Crippen LogP contribution in [0.15, 0.2) is 29.8 Å². The van der Waals surface area contributed by atoms with Crippen molar-refractivity contribution >= 4 is 14.1 Å². The lowest BCUT2D eigenvalue weighted by molar-refractivity contribution is 0.450. The molecule has 0 fully saturated rings. The predicted molar refractivity (Wildman–Crippen MR) is 85.6 cm³/mol. The van der Waals surface area contributed by atoms with Crippen molar-refractivity contribution < 1.29 is 4.43 Å². The highest BCUT2D eigenvalue weighted by atomic mass is 28.4. The lowest BCUT2D eigenvalue weighted by Gasteiger charge is -2.39. The summed E-state index contributed by atoms with van der Waals surface area (Å²) in [6, 6.07) is 8.69. The second kappa shape index (κ2) is 4.82. The second-order valence-electron chi connectivity index (χ2n) is 7.13. The molecule has 2 heteroatoms. The van der Waals surface area contributed by atoms with Crippen LogP contribution in [0, 0.1) is 0 Å². The van der Waals surface area contributed by atoms with Gasteiger partial charge >= 0.3 is 0 Å². The maximum absolute atomic E-state index is 6.60. The van der Waals surface area contributed by atoms with Gasteiger partial charge in [0.05, 0.1) is 0 Å². The molecule has 0 atom stereocenters. The van der Waals surface area contributed by atoms with Crippen LogP contribution >= 0.6 is 0 Å². The molecule has 0 saturated heterocycles. The third kappa shape index (κ3) is 2.79. The molecule has 0 aromatic heterocycles. The average Bonchev–Trinajstić information content (AvgIpc) is 2.31. The number of rotatable bonds is 2. The summed E-state index contributed by atoms with van der Waals surface area (Å²) in [7, 11) is -1.76. The van der Waals surface area contributed by atoms with Crippen LogP contribution < -0.4 is 0 Å². The highest BCUT2D eigenvalue weighted by Crippen LogP contribution is 2.42. The van der Waals surface area contributed by atoms with Gasteiger partial charge in [-0.2, -0.15) is 0 Å². The van der Waals surface area contributed by atoms with Gasteiger partial charge in [0, 0.05) is 5.56 Å². The molecule has 104 valence electrons. The summed E-state index contributed by atoms with van der Waals surface area (Å²) in [6.45, 7) is 13.8. The maximum atomic E-state index is 6.60. The van der Waals surface area contributed by atoms with Crippen molar-refractivity contribution in [3.63, 3.8) is 0 Å². The number of hydrogen-bond donors (Lipinski definition) is 0. The Morgan fingerprint density at radius 1 is 1.05 bits per heavy atom. The van der Waals surface area contributed by atoms with Crippen molar-refractivity contribution in [1.82, 2.24) is 0 Å². The third-order valence-electron chi connectivity index (χ3n) is 4.58. The molecule has 0 bridgehead atoms. The molecule has 1 aliphatic carbocycles. The summed E-state index contributed by atoms with van der Waals surface area (Å²) in [5, 5.41) is 0.243. The summed E-state index contributed by atoms with van der Waals surface area (Å²) in [4.78, 5) is 0. The standard InChI is InChI=1S/C17H26OSi/c1-13-11-12-14-9-7-8-10-15(14)16(13)18-19(5,6)17(2,3)4/h7-10H,11-12H2,1-6H3. The van der Waals surface area contributed by atoms with E-state index in [1.807, 2.05) is 0 Å². The molecule has 0 spiro atoms. The smallest absolute Gasteiger partial charge is 0.250 e. The van der Waals surface area contributed by atoms with E-state index < -0.39 is 8.32 Å². The van der Waals surface area contributed by atoms with Gasteiger partial charge in [0.2, 0.25) is 0 Å². The van der Waals surface area contributed by atoms with E-state index in [-0.39, 0.29) is 5.04 Å². The van der Waals surface area contributed by atoms with Crippen molar-refractivity contribution in [2.45, 2.75) is 58.7 Å². The Morgan fingerprint density at radius 2 is 1.68 bits per heavy atom. The topological polar surface area (TPSA) is 9.23 Å². The first kappa shape index (κ1) is 14.4. The van der Waals surface area contributed by atoms with Crippen molar-refractivity contribution in [1.29, 1.82) is 0 Å². The molecule has 1 nitrogen and oxygen atoms in total. The number of allylic oxidation sites excluding steroid dienone is 1. The molecule has 2 rings (SSSR count). The van der Waals surface area contributed by atoms with Crippen LogP contribution in [0.1, 0.15) is 45.2 Å². The van der Waals surface area contributed by atoms with Crippen LogP contribution in [-0.4, -0.2) is 8.32 Å². The van der Waals surface area contributed by atoms with Crippen LogP contribution in [-0.2, 0) is 10.8 Å². The van der Waals surface area contributed by atoms with E-state index in [9.17, 15) is 0 Å². The molecule has 0 radical (unpaired) electrons. The molecule has 19 heavy (non-hydrogen) atoms. The summed E-state index contributed by atoms with van der Waals surface area (Å²) >= 11 is 0. The molecule has 0 saturated carbocycles. The SMILES string of the molecule is CC1=C(O[Si](C)(C)C(C)(C)C)c2ccccc2CC1. The van der Waals surface area contributed by atoms with Crippen LogP contribution in [0.5, 0.6) is 0 Å². The maximum Gasteiger partial charge on any atom is 0.250 e. The van der Waals surface area contributed by atoms with E-state index in [0.29, 0.717) is 0 Å². The zero-order valence-corrected chi connectivity index (χ0v) is 14.1. The Kier molecular flexibility index (Phi) is 3.65. The van der Waals surface area contributed by atoms with Gasteiger partial charge in [0.1, 0.15) is 5.76 Å². The molecular formula is C17H26OSi. The average molecular weight is 274 g/mol. The Bertz CT molecular complexity index is 506. The van der Waals surface area contributed by atoms with E-state index in [1.54, 1.807) is 0 Å². The van der Waals surface area contributed by atoms with Crippen molar-refractivity contribution in [2.75, 3.05) is 0 Å². The van der Waals surface area contributed by atoms with Crippen LogP contribution in [0.25, 0.3) is 5.76 Å². The number of benzene rings is 1. The van der Waals surface area contributed by atoms with Crippen molar-refractivity contribution in [3.8, 4) is 0 Å². The summed E-state index contributed by atoms with van der Waals surface area (Å²) in [5.41, 5.74) is 4.15. The third-order valence-corrected chi connectivity index (χ3v) is 8.91. The molecule has 1 aromatic carbocycles. The Labute approximate surface area is 118 Å². The zero-order valence-electron chi connectivity index (χ0n) is 13.1. The minimum Gasteiger partial charge on any atom is -0.543 e. The van der Waals surface area contributed by atoms with Gasteiger partial charge in [0.25, 0.3) is 8.32 Å². The number of aryl methyl sites for hydroxylation is 1. The van der Waals surface area contributed by atoms with E-state index in [4.69, 9.17) is 4.43 Å². The van der Waals surface area contributed by atoms with Gasteiger partial charge in [0.15, 0.2) is 0 Å². The van der Waals surface area contributed by atoms with Gasteiger partial charge in [-0.1, -0.05) is 45.0 Å². The monoisotopic (exact) mass is 274 g/mol. The minimum absolute atomic E-state index is 0.243. The molecule has 0 N–H and O–H groups in total. The molecular weight excluding hydrogens is 248 g/mol. The van der Waals surface area contributed by atoms with E-state index in [1.165, 1.54) is 16.7 Å². The van der Waals surface area contributed by atoms with E-state index >= 15 is 0 Å². The van der Waals surface area contributed by atoms with E-state index in [0.717, 1.165) is 18.6 Å². The number of fused-ring (bicyclic) bond motifs is 1. The summed E-state index contributed by atoms with van der Waals surface area (Å²) in [6.07, 6.45) is 2.27. The fourth-order valence-electron chi connectivity index (χ4n) is 2.18. The number of hydrogen-bond acceptors (Lipinski definition) is 1. The minimum atomic E-state index is -1.76. The second-order valence-corrected chi connectivity index (χ2v) is 11.9. The normalized spacial score (nSPS) is 16.3.